The van der Waals surface area contributed by atoms with E-state index in [0.29, 0.717) is 13.0 Å². The van der Waals surface area contributed by atoms with Crippen LogP contribution in [-0.4, -0.2) is 37.1 Å². The van der Waals surface area contributed by atoms with E-state index in [1.54, 1.807) is 0 Å². The number of nitrogens with zero attached hydrogens (tertiary/aromatic N) is 1. The second-order valence-electron chi connectivity index (χ2n) is 5.04. The Morgan fingerprint density at radius 2 is 2.32 bits per heavy atom. The lowest BCUT2D eigenvalue weighted by Crippen LogP contribution is -2.48. The van der Waals surface area contributed by atoms with Crippen molar-refractivity contribution in [1.82, 2.24) is 4.90 Å². The summed E-state index contributed by atoms with van der Waals surface area (Å²) in [5.74, 6) is -0.306. The van der Waals surface area contributed by atoms with Crippen LogP contribution >= 0.6 is 11.6 Å². The van der Waals surface area contributed by atoms with E-state index >= 15 is 0 Å². The Labute approximate surface area is 118 Å². The Kier molecular flexibility index (Phi) is 4.80. The fourth-order valence-electron chi connectivity index (χ4n) is 2.59. The summed E-state index contributed by atoms with van der Waals surface area (Å²) < 4.78 is 4.81. The highest BCUT2D eigenvalue weighted by Gasteiger charge is 2.30. The number of benzene rings is 1. The van der Waals surface area contributed by atoms with Gasteiger partial charge in [0, 0.05) is 30.7 Å². The molecule has 4 nitrogen and oxygen atoms in total. The minimum absolute atomic E-state index is 0.0111. The lowest BCUT2D eigenvalue weighted by molar-refractivity contribution is -0.147. The standard InChI is InChI=1S/C14H19ClN2O2/c1-19-14(18)11-6-13(16)9-17(8-11)7-10-3-2-4-12(15)5-10/h2-5,11,13H,6-9,16H2,1H3. The Morgan fingerprint density at radius 3 is 3.00 bits per heavy atom. The maximum absolute atomic E-state index is 11.6. The van der Waals surface area contributed by atoms with Crippen LogP contribution in [0.5, 0.6) is 0 Å². The third kappa shape index (κ3) is 3.93. The first-order valence-electron chi connectivity index (χ1n) is 6.38. The maximum atomic E-state index is 11.6. The number of hydrogen-bond acceptors (Lipinski definition) is 4. The largest absolute Gasteiger partial charge is 0.469 e. The number of likely N-dealkylation sites (tertiary alicyclic amines) is 1. The number of carbonyl (C=O) groups excluding carboxylic acids is 1. The van der Waals surface area contributed by atoms with Gasteiger partial charge in [-0.05, 0) is 24.1 Å². The van der Waals surface area contributed by atoms with E-state index in [4.69, 9.17) is 22.1 Å². The van der Waals surface area contributed by atoms with E-state index in [1.165, 1.54) is 7.11 Å². The fourth-order valence-corrected chi connectivity index (χ4v) is 2.81. The van der Waals surface area contributed by atoms with Crippen molar-refractivity contribution < 1.29 is 9.53 Å². The van der Waals surface area contributed by atoms with Crippen LogP contribution in [0.1, 0.15) is 12.0 Å². The number of halogens is 1. The molecular weight excluding hydrogens is 264 g/mol. The first-order valence-corrected chi connectivity index (χ1v) is 6.76. The quantitative estimate of drug-likeness (QED) is 0.857. The molecule has 1 heterocycles. The average Bonchev–Trinajstić information content (AvgIpc) is 2.37. The second kappa shape index (κ2) is 6.37. The predicted molar refractivity (Wildman–Crippen MR) is 74.8 cm³/mol. The number of hydrogen-bond donors (Lipinski definition) is 1. The zero-order valence-corrected chi connectivity index (χ0v) is 11.8. The molecule has 2 unspecified atom stereocenters. The van der Waals surface area contributed by atoms with Crippen LogP contribution in [0.3, 0.4) is 0 Å². The Bertz CT molecular complexity index is 453. The lowest BCUT2D eigenvalue weighted by Gasteiger charge is -2.35. The molecule has 2 N–H and O–H groups in total. The fraction of sp³-hybridized carbons (Fsp3) is 0.500. The number of nitrogens with two attached hydrogens (primary N) is 1. The van der Waals surface area contributed by atoms with E-state index in [2.05, 4.69) is 4.90 Å². The molecule has 1 saturated heterocycles. The van der Waals surface area contributed by atoms with Crippen molar-refractivity contribution in [2.75, 3.05) is 20.2 Å². The highest BCUT2D eigenvalue weighted by molar-refractivity contribution is 6.30. The molecule has 0 aliphatic carbocycles. The van der Waals surface area contributed by atoms with Crippen LogP contribution in [0.2, 0.25) is 5.02 Å². The van der Waals surface area contributed by atoms with Gasteiger partial charge < -0.3 is 10.5 Å². The summed E-state index contributed by atoms with van der Waals surface area (Å²) >= 11 is 5.98. The summed E-state index contributed by atoms with van der Waals surface area (Å²) in [6, 6.07) is 7.76. The summed E-state index contributed by atoms with van der Waals surface area (Å²) in [4.78, 5) is 13.8. The minimum Gasteiger partial charge on any atom is -0.469 e. The molecule has 0 aromatic heterocycles. The van der Waals surface area contributed by atoms with Gasteiger partial charge in [0.15, 0.2) is 0 Å². The molecule has 0 saturated carbocycles. The normalized spacial score (nSPS) is 24.2. The molecule has 0 radical (unpaired) electrons. The van der Waals surface area contributed by atoms with Crippen molar-refractivity contribution in [3.05, 3.63) is 34.9 Å². The molecule has 19 heavy (non-hydrogen) atoms. The maximum Gasteiger partial charge on any atom is 0.310 e. The molecule has 1 aliphatic heterocycles. The van der Waals surface area contributed by atoms with Crippen LogP contribution < -0.4 is 5.73 Å². The van der Waals surface area contributed by atoms with Gasteiger partial charge in [0.1, 0.15) is 0 Å². The zero-order valence-electron chi connectivity index (χ0n) is 11.0. The van der Waals surface area contributed by atoms with E-state index in [1.807, 2.05) is 24.3 Å². The van der Waals surface area contributed by atoms with Crippen LogP contribution in [0.4, 0.5) is 0 Å². The second-order valence-corrected chi connectivity index (χ2v) is 5.48. The monoisotopic (exact) mass is 282 g/mol. The van der Waals surface area contributed by atoms with Crippen LogP contribution in [-0.2, 0) is 16.1 Å². The van der Waals surface area contributed by atoms with Gasteiger partial charge in [-0.3, -0.25) is 9.69 Å². The van der Waals surface area contributed by atoms with Crippen LogP contribution in [0.25, 0.3) is 0 Å². The topological polar surface area (TPSA) is 55.6 Å². The van der Waals surface area contributed by atoms with Crippen molar-refractivity contribution in [2.24, 2.45) is 11.7 Å². The summed E-state index contributed by atoms with van der Waals surface area (Å²) in [6.07, 6.45) is 0.693. The van der Waals surface area contributed by atoms with Gasteiger partial charge in [-0.25, -0.2) is 0 Å². The Hall–Kier alpha value is -1.10. The highest BCUT2D eigenvalue weighted by atomic mass is 35.5. The molecule has 0 spiro atoms. The van der Waals surface area contributed by atoms with Crippen LogP contribution in [0.15, 0.2) is 24.3 Å². The van der Waals surface area contributed by atoms with Crippen molar-refractivity contribution in [3.8, 4) is 0 Å². The Balaban J connectivity index is 2.01. The average molecular weight is 283 g/mol. The molecule has 104 valence electrons. The minimum atomic E-state index is -0.175. The van der Waals surface area contributed by atoms with E-state index in [-0.39, 0.29) is 17.9 Å². The number of carbonyl (C=O) groups is 1. The molecule has 0 amide bonds. The highest BCUT2D eigenvalue weighted by Crippen LogP contribution is 2.20. The van der Waals surface area contributed by atoms with Crippen molar-refractivity contribution in [1.29, 1.82) is 0 Å². The van der Waals surface area contributed by atoms with Gasteiger partial charge >= 0.3 is 5.97 Å². The SMILES string of the molecule is COC(=O)C1CC(N)CN(Cc2cccc(Cl)c2)C1. The summed E-state index contributed by atoms with van der Waals surface area (Å²) in [6.45, 7) is 2.23. The predicted octanol–water partition coefficient (Wildman–Crippen LogP) is 1.66. The van der Waals surface area contributed by atoms with Crippen LogP contribution in [0, 0.1) is 5.92 Å². The molecule has 5 heteroatoms. The summed E-state index contributed by atoms with van der Waals surface area (Å²) in [7, 11) is 1.42. The van der Waals surface area contributed by atoms with Crippen molar-refractivity contribution in [3.63, 3.8) is 0 Å². The molecule has 1 fully saturated rings. The smallest absolute Gasteiger partial charge is 0.310 e. The van der Waals surface area contributed by atoms with Gasteiger partial charge in [0.25, 0.3) is 0 Å². The van der Waals surface area contributed by atoms with Gasteiger partial charge in [-0.15, -0.1) is 0 Å². The molecule has 2 atom stereocenters. The van der Waals surface area contributed by atoms with Gasteiger partial charge in [-0.1, -0.05) is 23.7 Å². The van der Waals surface area contributed by atoms with Gasteiger partial charge in [0.2, 0.25) is 0 Å². The first-order chi connectivity index (χ1) is 9.08. The van der Waals surface area contributed by atoms with E-state index < -0.39 is 0 Å². The number of piperidine rings is 1. The third-order valence-electron chi connectivity index (χ3n) is 3.39. The molecule has 1 aromatic carbocycles. The number of esters is 1. The first kappa shape index (κ1) is 14.3. The summed E-state index contributed by atoms with van der Waals surface area (Å²) in [5, 5.41) is 0.725. The molecule has 0 bridgehead atoms. The van der Waals surface area contributed by atoms with Gasteiger partial charge in [0.05, 0.1) is 13.0 Å². The number of methoxy groups -OCH3 is 1. The zero-order chi connectivity index (χ0) is 13.8. The van der Waals surface area contributed by atoms with Crippen molar-refractivity contribution in [2.45, 2.75) is 19.0 Å². The molecular formula is C14H19ClN2O2. The summed E-state index contributed by atoms with van der Waals surface area (Å²) in [5.41, 5.74) is 7.15. The third-order valence-corrected chi connectivity index (χ3v) is 3.62. The molecule has 1 aliphatic rings. The van der Waals surface area contributed by atoms with Crippen molar-refractivity contribution >= 4 is 17.6 Å². The number of rotatable bonds is 3. The lowest BCUT2D eigenvalue weighted by atomic mass is 9.94. The Morgan fingerprint density at radius 1 is 1.53 bits per heavy atom. The molecule has 2 rings (SSSR count). The van der Waals surface area contributed by atoms with E-state index in [0.717, 1.165) is 23.7 Å². The molecule has 1 aromatic rings. The number of ether oxygens (including phenoxy) is 1. The van der Waals surface area contributed by atoms with Gasteiger partial charge in [-0.2, -0.15) is 0 Å². The van der Waals surface area contributed by atoms with E-state index in [9.17, 15) is 4.79 Å².